The minimum absolute atomic E-state index is 0.0643. The van der Waals surface area contributed by atoms with Crippen molar-refractivity contribution in [2.24, 2.45) is 5.34 Å². The number of hydrogen-bond acceptors (Lipinski definition) is 6. The number of likely N-dealkylation sites (tertiary alicyclic amines) is 1. The van der Waals surface area contributed by atoms with E-state index in [1.54, 1.807) is 12.1 Å². The molecule has 1 aliphatic rings. The molecule has 1 saturated heterocycles. The van der Waals surface area contributed by atoms with Crippen LogP contribution in [0.25, 0.3) is 21.7 Å². The van der Waals surface area contributed by atoms with Crippen LogP contribution in [0.15, 0.2) is 40.6 Å². The molecule has 0 aliphatic carbocycles. The molecule has 1 aromatic carbocycles. The number of amides is 1. The van der Waals surface area contributed by atoms with Crippen molar-refractivity contribution in [1.82, 2.24) is 14.9 Å². The Bertz CT molecular complexity index is 1130. The highest BCUT2D eigenvalue weighted by Crippen LogP contribution is 2.29. The van der Waals surface area contributed by atoms with Crippen molar-refractivity contribution in [3.63, 3.8) is 0 Å². The van der Waals surface area contributed by atoms with Gasteiger partial charge < -0.3 is 20.4 Å². The van der Waals surface area contributed by atoms with Crippen LogP contribution in [0, 0.1) is 10.7 Å². The molecule has 30 heavy (non-hydrogen) atoms. The molecule has 4 rings (SSSR count). The number of nitrogens with one attached hydrogen (secondary N) is 2. The number of benzene rings is 1. The summed E-state index contributed by atoms with van der Waals surface area (Å²) < 4.78 is 13.9. The maximum atomic E-state index is 13.9. The van der Waals surface area contributed by atoms with Gasteiger partial charge in [-0.1, -0.05) is 6.92 Å². The molecule has 10 heteroatoms. The SMILES string of the molecule is CCC(=O)N1CCC[C@@H](Nc2nc3cc[nH]c(=O)c3c3cc(F)ccc23)C1.O=NO. The van der Waals surface area contributed by atoms with E-state index < -0.39 is 5.82 Å². The first kappa shape index (κ1) is 21.2. The first-order valence-electron chi connectivity index (χ1n) is 9.60. The number of aromatic amines is 1. The molecule has 2 aromatic heterocycles. The fourth-order valence-electron chi connectivity index (χ4n) is 3.78. The van der Waals surface area contributed by atoms with Crippen molar-refractivity contribution in [2.45, 2.75) is 32.2 Å². The standard InChI is InChI=1S/C20H21FN4O2.HNO2/c1-2-17(26)25-9-3-4-13(11-25)23-19-14-6-5-12(21)10-15(14)18-16(24-19)7-8-22-20(18)27;2-1-3/h5-8,10,13H,2-4,9,11H2,1H3,(H,22,27)(H,23,24);(H,2,3)/t13-;/m1./s1. The Hall–Kier alpha value is -3.56. The number of H-pyrrole nitrogens is 1. The molecular formula is C20H22FN5O4. The van der Waals surface area contributed by atoms with E-state index in [-0.39, 0.29) is 17.5 Å². The number of anilines is 1. The van der Waals surface area contributed by atoms with Gasteiger partial charge in [-0.15, -0.1) is 4.91 Å². The zero-order valence-electron chi connectivity index (χ0n) is 16.4. The van der Waals surface area contributed by atoms with Crippen molar-refractivity contribution in [3.8, 4) is 0 Å². The molecule has 158 valence electrons. The molecule has 0 saturated carbocycles. The van der Waals surface area contributed by atoms with Crippen molar-refractivity contribution >= 4 is 33.4 Å². The highest BCUT2D eigenvalue weighted by molar-refractivity contribution is 6.09. The largest absolute Gasteiger partial charge is 0.379 e. The van der Waals surface area contributed by atoms with Gasteiger partial charge >= 0.3 is 0 Å². The number of fused-ring (bicyclic) bond motifs is 3. The van der Waals surface area contributed by atoms with E-state index in [4.69, 9.17) is 10.1 Å². The van der Waals surface area contributed by atoms with E-state index in [9.17, 15) is 14.0 Å². The van der Waals surface area contributed by atoms with E-state index in [0.29, 0.717) is 40.5 Å². The van der Waals surface area contributed by atoms with Crippen LogP contribution in [-0.2, 0) is 4.79 Å². The van der Waals surface area contributed by atoms with E-state index in [0.717, 1.165) is 19.4 Å². The Morgan fingerprint density at radius 1 is 1.40 bits per heavy atom. The molecule has 0 unspecified atom stereocenters. The first-order chi connectivity index (χ1) is 14.5. The number of nitrogens with zero attached hydrogens (tertiary/aromatic N) is 3. The van der Waals surface area contributed by atoms with Crippen LogP contribution in [0.4, 0.5) is 10.2 Å². The molecule has 0 bridgehead atoms. The minimum Gasteiger partial charge on any atom is -0.379 e. The summed E-state index contributed by atoms with van der Waals surface area (Å²) in [6, 6.07) is 6.15. The number of carbonyl (C=O) groups is 1. The number of hydrogen-bond donors (Lipinski definition) is 3. The van der Waals surface area contributed by atoms with E-state index in [1.807, 2.05) is 11.8 Å². The average molecular weight is 415 g/mol. The minimum atomic E-state index is -0.401. The summed E-state index contributed by atoms with van der Waals surface area (Å²) in [5, 5.41) is 12.9. The Morgan fingerprint density at radius 3 is 2.90 bits per heavy atom. The third-order valence-corrected chi connectivity index (χ3v) is 5.09. The molecular weight excluding hydrogens is 393 g/mol. The molecule has 3 N–H and O–H groups in total. The second-order valence-corrected chi connectivity index (χ2v) is 6.98. The van der Waals surface area contributed by atoms with Crippen molar-refractivity contribution in [1.29, 1.82) is 0 Å². The molecule has 0 spiro atoms. The van der Waals surface area contributed by atoms with Gasteiger partial charge in [0.25, 0.3) is 5.56 Å². The lowest BCUT2D eigenvalue weighted by atomic mass is 10.0. The summed E-state index contributed by atoms with van der Waals surface area (Å²) >= 11 is 0. The van der Waals surface area contributed by atoms with Crippen LogP contribution in [0.2, 0.25) is 0 Å². The summed E-state index contributed by atoms with van der Waals surface area (Å²) in [5.41, 5.74) is 0.219. The monoisotopic (exact) mass is 415 g/mol. The van der Waals surface area contributed by atoms with Gasteiger partial charge in [-0.3, -0.25) is 9.59 Å². The van der Waals surface area contributed by atoms with E-state index >= 15 is 0 Å². The summed E-state index contributed by atoms with van der Waals surface area (Å²) in [6.45, 7) is 3.26. The highest BCUT2D eigenvalue weighted by atomic mass is 19.1. The second-order valence-electron chi connectivity index (χ2n) is 6.98. The zero-order valence-corrected chi connectivity index (χ0v) is 16.4. The Morgan fingerprint density at radius 2 is 2.17 bits per heavy atom. The summed E-state index contributed by atoms with van der Waals surface area (Å²) in [5.74, 6) is 0.354. The summed E-state index contributed by atoms with van der Waals surface area (Å²) in [6.07, 6.45) is 3.87. The molecule has 3 aromatic rings. The lowest BCUT2D eigenvalue weighted by Gasteiger charge is -2.33. The van der Waals surface area contributed by atoms with Crippen molar-refractivity contribution < 1.29 is 14.4 Å². The van der Waals surface area contributed by atoms with Crippen LogP contribution in [0.1, 0.15) is 26.2 Å². The lowest BCUT2D eigenvalue weighted by molar-refractivity contribution is -0.131. The Balaban J connectivity index is 0.000000806. The number of piperidine rings is 1. The van der Waals surface area contributed by atoms with Crippen LogP contribution in [0.5, 0.6) is 0 Å². The van der Waals surface area contributed by atoms with Crippen LogP contribution < -0.4 is 10.9 Å². The highest BCUT2D eigenvalue weighted by Gasteiger charge is 2.24. The third-order valence-electron chi connectivity index (χ3n) is 5.09. The van der Waals surface area contributed by atoms with Gasteiger partial charge in [0, 0.05) is 42.5 Å². The van der Waals surface area contributed by atoms with Crippen LogP contribution in [0.3, 0.4) is 0 Å². The van der Waals surface area contributed by atoms with Gasteiger partial charge in [-0.25, -0.2) is 9.37 Å². The fourth-order valence-corrected chi connectivity index (χ4v) is 3.78. The first-order valence-corrected chi connectivity index (χ1v) is 9.60. The third kappa shape index (κ3) is 4.37. The Labute approximate surface area is 170 Å². The van der Waals surface area contributed by atoms with Gasteiger partial charge in [-0.05, 0) is 37.1 Å². The smallest absolute Gasteiger partial charge is 0.258 e. The molecule has 1 fully saturated rings. The lowest BCUT2D eigenvalue weighted by Crippen LogP contribution is -2.45. The number of rotatable bonds is 3. The van der Waals surface area contributed by atoms with Crippen LogP contribution in [-0.4, -0.2) is 45.1 Å². The number of halogens is 1. The Kier molecular flexibility index (Phi) is 6.55. The van der Waals surface area contributed by atoms with Gasteiger partial charge in [0.05, 0.1) is 10.9 Å². The second kappa shape index (κ2) is 9.29. The topological polar surface area (TPSA) is 128 Å². The fraction of sp³-hybridized carbons (Fsp3) is 0.350. The van der Waals surface area contributed by atoms with Gasteiger partial charge in [0.15, 0.2) is 5.34 Å². The number of carbonyl (C=O) groups excluding carboxylic acids is 1. The van der Waals surface area contributed by atoms with Crippen molar-refractivity contribution in [2.75, 3.05) is 18.4 Å². The summed E-state index contributed by atoms with van der Waals surface area (Å²) in [4.78, 5) is 41.5. The summed E-state index contributed by atoms with van der Waals surface area (Å²) in [7, 11) is 0. The number of aromatic nitrogens is 2. The molecule has 1 aliphatic heterocycles. The molecule has 1 amide bonds. The number of pyridine rings is 2. The van der Waals surface area contributed by atoms with Crippen LogP contribution >= 0.6 is 0 Å². The quantitative estimate of drug-likeness (QED) is 0.342. The van der Waals surface area contributed by atoms with Gasteiger partial charge in [0.1, 0.15) is 11.6 Å². The molecule has 1 atom stereocenters. The maximum Gasteiger partial charge on any atom is 0.258 e. The normalized spacial score (nSPS) is 16.1. The molecule has 0 radical (unpaired) electrons. The predicted octanol–water partition coefficient (Wildman–Crippen LogP) is 3.17. The van der Waals surface area contributed by atoms with E-state index in [2.05, 4.69) is 15.3 Å². The molecule has 9 nitrogen and oxygen atoms in total. The van der Waals surface area contributed by atoms with Gasteiger partial charge in [0.2, 0.25) is 5.91 Å². The average Bonchev–Trinajstić information content (AvgIpc) is 2.73. The van der Waals surface area contributed by atoms with Gasteiger partial charge in [-0.2, -0.15) is 0 Å². The molecule has 3 heterocycles. The zero-order chi connectivity index (χ0) is 21.7. The van der Waals surface area contributed by atoms with Crippen molar-refractivity contribution in [3.05, 3.63) is 51.5 Å². The predicted molar refractivity (Wildman–Crippen MR) is 111 cm³/mol. The maximum absolute atomic E-state index is 13.9. The van der Waals surface area contributed by atoms with E-state index in [1.165, 1.54) is 23.7 Å².